The molecule has 0 aliphatic rings. The van der Waals surface area contributed by atoms with Crippen molar-refractivity contribution in [3.05, 3.63) is 24.6 Å². The van der Waals surface area contributed by atoms with Crippen LogP contribution in [-0.2, 0) is 39.5 Å². The van der Waals surface area contributed by atoms with Gasteiger partial charge in [-0.2, -0.15) is 0 Å². The quantitative estimate of drug-likeness (QED) is 0.640. The van der Waals surface area contributed by atoms with Gasteiger partial charge in [0.1, 0.15) is 0 Å². The van der Waals surface area contributed by atoms with Crippen molar-refractivity contribution < 1.29 is 43.4 Å². The fourth-order valence-corrected chi connectivity index (χ4v) is 0. The number of hydrogen-bond donors (Lipinski definition) is 1. The molecule has 0 aromatic heterocycles. The molecule has 0 spiro atoms. The molecule has 0 bridgehead atoms. The largest absolute Gasteiger partial charge is 3.00 e. The van der Waals surface area contributed by atoms with Crippen molar-refractivity contribution >= 4 is 22.7 Å². The fraction of sp³-hybridized carbons (Fsp3) is 0. The summed E-state index contributed by atoms with van der Waals surface area (Å²) in [5.74, 6) is 0. The second-order valence-corrected chi connectivity index (χ2v) is 1.22. The summed E-state index contributed by atoms with van der Waals surface area (Å²) in [6.07, 6.45) is 0. The van der Waals surface area contributed by atoms with Crippen molar-refractivity contribution in [2.75, 3.05) is 0 Å². The predicted octanol–water partition coefficient (Wildman–Crippen LogP) is 1.23. The first kappa shape index (κ1) is 62.9. The van der Waals surface area contributed by atoms with Gasteiger partial charge >= 0.3 is 16.8 Å². The van der Waals surface area contributed by atoms with E-state index in [0.717, 1.165) is 0 Å². The molecule has 12 N–H and O–H groups in total. The van der Waals surface area contributed by atoms with E-state index < -0.39 is 22.7 Å². The normalized spacial score (nSPS) is 5.00. The Bertz CT molecular complexity index is 82.2. The molecule has 0 atom stereocenters. The van der Waals surface area contributed by atoms with Gasteiger partial charge in [-0.3, -0.25) is 8.42 Å². The van der Waals surface area contributed by atoms with Gasteiger partial charge in [-0.15, -0.1) is 22.7 Å². The Hall–Kier alpha value is 0.446. The third-order valence-corrected chi connectivity index (χ3v) is 0. The Kier molecular flexibility index (Phi) is 225. The van der Waals surface area contributed by atoms with E-state index in [1.54, 1.807) is 0 Å². The molecule has 0 rings (SSSR count). The van der Waals surface area contributed by atoms with E-state index in [-0.39, 0.29) is 47.5 Å². The van der Waals surface area contributed by atoms with Gasteiger partial charge in [0.15, 0.2) is 0 Å². The molecule has 0 aliphatic heterocycles. The summed E-state index contributed by atoms with van der Waals surface area (Å²) in [4.78, 5) is 0. The molecule has 0 aromatic rings. The zero-order chi connectivity index (χ0) is 7.15. The average Bonchev–Trinajstić information content (AvgIpc) is 1.25. The summed E-state index contributed by atoms with van der Waals surface area (Å²) in [6, 6.07) is 0. The monoisotopic (exact) mass is 301 g/mol. The molecule has 0 amide bonds. The molecule has 0 saturated heterocycles. The van der Waals surface area contributed by atoms with Gasteiger partial charge in [0, 0.05) is 0 Å². The van der Waals surface area contributed by atoms with Gasteiger partial charge in [-0.1, -0.05) is 0 Å². The molecule has 0 radical (unpaired) electrons. The van der Waals surface area contributed by atoms with E-state index in [1.165, 1.54) is 0 Å². The zero-order valence-electron chi connectivity index (χ0n) is 6.91. The minimum atomic E-state index is -3.11. The predicted molar refractivity (Wildman–Crippen MR) is 46.5 cm³/mol. The maximum Gasteiger partial charge on any atom is 3.00 e. The Morgan fingerprint density at radius 2 is 0.643 bits per heavy atom. The molecule has 0 fully saturated rings. The van der Waals surface area contributed by atoms with Gasteiger partial charge in [-0.25, -0.2) is 0 Å². The Morgan fingerprint density at radius 1 is 0.643 bits per heavy atom. The second kappa shape index (κ2) is 50.1. The Labute approximate surface area is 97.1 Å². The first-order chi connectivity index (χ1) is 3.46. The molecule has 98 valence electrons. The van der Waals surface area contributed by atoms with Crippen LogP contribution in [0.1, 0.15) is 0 Å². The number of nitrogens with two attached hydrogens (primary N) is 4. The van der Waals surface area contributed by atoms with Crippen LogP contribution in [0, 0.1) is 0 Å². The molecule has 0 unspecified atom stereocenters. The Balaban J connectivity index is -0.00000000600. The van der Waals surface area contributed by atoms with Crippen molar-refractivity contribution in [1.82, 2.24) is 6.15 Å². The first-order valence-electron chi connectivity index (χ1n) is 1.00. The molecular formula is H12CoN5O6S2-4. The van der Waals surface area contributed by atoms with Crippen molar-refractivity contribution in [3.8, 4) is 0 Å². The van der Waals surface area contributed by atoms with E-state index in [4.69, 9.17) is 26.6 Å². The summed E-state index contributed by atoms with van der Waals surface area (Å²) >= 11 is -6.22. The van der Waals surface area contributed by atoms with Crippen LogP contribution < -0.4 is 6.15 Å². The summed E-state index contributed by atoms with van der Waals surface area (Å²) in [7, 11) is 0. The maximum absolute atomic E-state index is 8.44. The van der Waals surface area contributed by atoms with Crippen LogP contribution in [0.4, 0.5) is 0 Å². The average molecular weight is 301 g/mol. The van der Waals surface area contributed by atoms with Gasteiger partial charge < -0.3 is 49.0 Å². The Morgan fingerprint density at radius 3 is 0.643 bits per heavy atom. The van der Waals surface area contributed by atoms with Crippen molar-refractivity contribution in [3.63, 3.8) is 0 Å². The van der Waals surface area contributed by atoms with Crippen LogP contribution in [0.2, 0.25) is 0 Å². The fourth-order valence-electron chi connectivity index (χ4n) is 0. The first-order valence-corrected chi connectivity index (χ1v) is 3.00. The summed E-state index contributed by atoms with van der Waals surface area (Å²) < 4.78 is 50.7. The van der Waals surface area contributed by atoms with Crippen LogP contribution in [-0.4, -0.2) is 26.6 Å². The third kappa shape index (κ3) is 8180. The topological polar surface area (TPSA) is 297 Å². The van der Waals surface area contributed by atoms with E-state index in [0.29, 0.717) is 0 Å². The molecule has 0 heterocycles. The van der Waals surface area contributed by atoms with Crippen LogP contribution in [0.25, 0.3) is 24.6 Å². The van der Waals surface area contributed by atoms with Crippen molar-refractivity contribution in [2.45, 2.75) is 0 Å². The second-order valence-electron chi connectivity index (χ2n) is 0.408. The molecule has 11 nitrogen and oxygen atoms in total. The van der Waals surface area contributed by atoms with E-state index >= 15 is 0 Å². The maximum atomic E-state index is 8.44. The zero-order valence-corrected chi connectivity index (χ0v) is 9.58. The smallest absolute Gasteiger partial charge is 0.784 e. The van der Waals surface area contributed by atoms with Gasteiger partial charge in [0.2, 0.25) is 0 Å². The molecular weight excluding hydrogens is 289 g/mol. The SMILES string of the molecule is O=S([O-])[O-].O=S([O-])[O-].[Co+3].[NH2-].[NH2-].[NH2-].[NH2-].[NH4+]. The van der Waals surface area contributed by atoms with E-state index in [2.05, 4.69) is 0 Å². The number of hydrogen-bond acceptors (Lipinski definition) is 6. The van der Waals surface area contributed by atoms with Crippen LogP contribution in [0.15, 0.2) is 0 Å². The third-order valence-electron chi connectivity index (χ3n) is 0. The van der Waals surface area contributed by atoms with Gasteiger partial charge in [0.05, 0.1) is 0 Å². The summed E-state index contributed by atoms with van der Waals surface area (Å²) in [5.41, 5.74) is 0. The van der Waals surface area contributed by atoms with Crippen molar-refractivity contribution in [1.29, 1.82) is 0 Å². The number of rotatable bonds is 0. The van der Waals surface area contributed by atoms with Crippen LogP contribution in [0.3, 0.4) is 0 Å². The molecule has 14 heteroatoms. The van der Waals surface area contributed by atoms with Crippen LogP contribution in [0.5, 0.6) is 0 Å². The van der Waals surface area contributed by atoms with Crippen LogP contribution >= 0.6 is 0 Å². The minimum absolute atomic E-state index is 0. The van der Waals surface area contributed by atoms with Crippen molar-refractivity contribution in [2.24, 2.45) is 0 Å². The standard InChI is InChI=1S/Co.H3N.4H2N.2H2O3S/c;;;;;;2*1-4(2)3/h;1H3;4*1H2;2*(H2,1,2,3)/q+3;;4*-1;;/p-3. The van der Waals surface area contributed by atoms with E-state index in [9.17, 15) is 0 Å². The summed E-state index contributed by atoms with van der Waals surface area (Å²) in [6.45, 7) is 0. The molecule has 0 aliphatic carbocycles. The van der Waals surface area contributed by atoms with Gasteiger partial charge in [0.25, 0.3) is 0 Å². The molecule has 14 heavy (non-hydrogen) atoms. The molecule has 0 saturated carbocycles. The number of quaternary nitrogens is 1. The molecule has 0 aromatic carbocycles. The van der Waals surface area contributed by atoms with Gasteiger partial charge in [-0.05, 0) is 0 Å². The van der Waals surface area contributed by atoms with E-state index in [1.807, 2.05) is 0 Å². The minimum Gasteiger partial charge on any atom is -0.784 e. The summed E-state index contributed by atoms with van der Waals surface area (Å²) in [5, 5.41) is 0.